The van der Waals surface area contributed by atoms with Crippen LogP contribution in [0, 0.1) is 20.8 Å². The molecule has 9 heteroatoms. The van der Waals surface area contributed by atoms with Crippen LogP contribution in [0.25, 0.3) is 0 Å². The van der Waals surface area contributed by atoms with Crippen molar-refractivity contribution in [3.63, 3.8) is 0 Å². The number of halogens is 1. The summed E-state index contributed by atoms with van der Waals surface area (Å²) in [7, 11) is -7.44. The van der Waals surface area contributed by atoms with Gasteiger partial charge in [-0.1, -0.05) is 70.0 Å². The van der Waals surface area contributed by atoms with Crippen LogP contribution in [0.3, 0.4) is 0 Å². The van der Waals surface area contributed by atoms with Gasteiger partial charge in [0.05, 0.1) is 17.8 Å². The van der Waals surface area contributed by atoms with Crippen molar-refractivity contribution in [1.82, 2.24) is 4.72 Å². The number of hydrogen-bond donors (Lipinski definition) is 1. The molecule has 30 heavy (non-hydrogen) atoms. The first-order valence-electron chi connectivity index (χ1n) is 9.22. The summed E-state index contributed by atoms with van der Waals surface area (Å²) in [6.07, 6.45) is 2.97. The van der Waals surface area contributed by atoms with E-state index in [1.54, 1.807) is 19.9 Å². The van der Waals surface area contributed by atoms with Gasteiger partial charge in [-0.25, -0.2) is 13.1 Å². The lowest BCUT2D eigenvalue weighted by Crippen LogP contribution is -2.36. The van der Waals surface area contributed by atoms with Crippen molar-refractivity contribution >= 4 is 36.1 Å². The summed E-state index contributed by atoms with van der Waals surface area (Å²) >= 11 is 3.28. The van der Waals surface area contributed by atoms with Crippen LogP contribution in [0.5, 0.6) is 0 Å². The highest BCUT2D eigenvalue weighted by molar-refractivity contribution is 9.11. The Morgan fingerprint density at radius 1 is 1.07 bits per heavy atom. The van der Waals surface area contributed by atoms with Crippen LogP contribution in [0.2, 0.25) is 0 Å². The summed E-state index contributed by atoms with van der Waals surface area (Å²) in [6, 6.07) is 12.5. The second-order valence-corrected chi connectivity index (χ2v) is 11.5. The zero-order chi connectivity index (χ0) is 22.5. The lowest BCUT2D eigenvalue weighted by Gasteiger charge is -2.19. The third-order valence-corrected chi connectivity index (χ3v) is 7.10. The molecule has 0 saturated carbocycles. The number of benzene rings is 2. The SMILES string of the molecule is Cc1cc(C)c(S(=O)(=O)N[C@H](/C=C(\Br)COS(C)(=O)=O)Cc2ccccc2)c(C)c1. The number of sulfonamides is 1. The van der Waals surface area contributed by atoms with Gasteiger partial charge in [0.2, 0.25) is 10.0 Å². The number of nitrogens with one attached hydrogen (secondary N) is 1. The fourth-order valence-electron chi connectivity index (χ4n) is 3.28. The van der Waals surface area contributed by atoms with Crippen molar-refractivity contribution in [2.75, 3.05) is 12.9 Å². The smallest absolute Gasteiger partial charge is 0.264 e. The Balaban J connectivity index is 2.36. The summed E-state index contributed by atoms with van der Waals surface area (Å²) < 4.78 is 56.9. The van der Waals surface area contributed by atoms with Gasteiger partial charge in [0.1, 0.15) is 0 Å². The maximum atomic E-state index is 13.2. The second-order valence-electron chi connectivity index (χ2n) is 7.23. The van der Waals surface area contributed by atoms with Gasteiger partial charge in [-0.05, 0) is 43.9 Å². The molecule has 0 aliphatic carbocycles. The van der Waals surface area contributed by atoms with Crippen LogP contribution in [-0.2, 0) is 30.7 Å². The molecule has 0 aliphatic heterocycles. The Labute approximate surface area is 187 Å². The minimum absolute atomic E-state index is 0.214. The fourth-order valence-corrected chi connectivity index (χ4v) is 5.84. The molecule has 0 amide bonds. The van der Waals surface area contributed by atoms with Crippen molar-refractivity contribution in [1.29, 1.82) is 0 Å². The van der Waals surface area contributed by atoms with Crippen LogP contribution >= 0.6 is 15.9 Å². The lowest BCUT2D eigenvalue weighted by molar-refractivity contribution is 0.359. The summed E-state index contributed by atoms with van der Waals surface area (Å²) in [5, 5.41) is 0. The van der Waals surface area contributed by atoms with Crippen molar-refractivity contribution in [3.05, 3.63) is 75.3 Å². The van der Waals surface area contributed by atoms with E-state index >= 15 is 0 Å². The van der Waals surface area contributed by atoms with E-state index in [-0.39, 0.29) is 11.5 Å². The summed E-state index contributed by atoms with van der Waals surface area (Å²) in [5.74, 6) is 0. The topological polar surface area (TPSA) is 89.5 Å². The molecule has 2 aromatic rings. The van der Waals surface area contributed by atoms with E-state index in [9.17, 15) is 16.8 Å². The van der Waals surface area contributed by atoms with Gasteiger partial charge in [0, 0.05) is 10.5 Å². The first-order valence-corrected chi connectivity index (χ1v) is 13.3. The standard InChI is InChI=1S/C21H26BrNO5S2/c1-15-10-16(2)21(17(3)11-15)30(26,27)23-20(12-18-8-6-5-7-9-18)13-19(22)14-28-29(4,24)25/h5-11,13,20,23H,12,14H2,1-4H3/b19-13-/t20-/m0/s1. The molecule has 0 saturated heterocycles. The Morgan fingerprint density at radius 3 is 2.17 bits per heavy atom. The molecular weight excluding hydrogens is 490 g/mol. The number of aryl methyl sites for hydroxylation is 3. The predicted molar refractivity (Wildman–Crippen MR) is 123 cm³/mol. The monoisotopic (exact) mass is 515 g/mol. The Kier molecular flexibility index (Phi) is 8.41. The lowest BCUT2D eigenvalue weighted by atomic mass is 10.1. The van der Waals surface area contributed by atoms with E-state index in [0.717, 1.165) is 17.4 Å². The van der Waals surface area contributed by atoms with Crippen molar-refractivity contribution in [3.8, 4) is 0 Å². The molecule has 1 N–H and O–H groups in total. The van der Waals surface area contributed by atoms with E-state index in [4.69, 9.17) is 4.18 Å². The molecule has 0 aromatic heterocycles. The molecule has 0 unspecified atom stereocenters. The molecule has 0 spiro atoms. The molecule has 0 fully saturated rings. The average Bonchev–Trinajstić information content (AvgIpc) is 2.58. The van der Waals surface area contributed by atoms with E-state index in [0.29, 0.717) is 22.0 Å². The number of hydrogen-bond acceptors (Lipinski definition) is 5. The quantitative estimate of drug-likeness (QED) is 0.513. The Hall–Kier alpha value is -1.52. The third kappa shape index (κ3) is 7.63. The molecule has 0 bridgehead atoms. The van der Waals surface area contributed by atoms with Crippen LogP contribution in [-0.4, -0.2) is 35.7 Å². The van der Waals surface area contributed by atoms with Crippen LogP contribution < -0.4 is 4.72 Å². The number of rotatable bonds is 9. The van der Waals surface area contributed by atoms with Gasteiger partial charge in [-0.15, -0.1) is 0 Å². The predicted octanol–water partition coefficient (Wildman–Crippen LogP) is 3.76. The zero-order valence-electron chi connectivity index (χ0n) is 17.3. The van der Waals surface area contributed by atoms with Gasteiger partial charge in [-0.2, -0.15) is 8.42 Å². The van der Waals surface area contributed by atoms with Crippen LogP contribution in [0.15, 0.2) is 57.9 Å². The van der Waals surface area contributed by atoms with Crippen molar-refractivity contribution in [2.45, 2.75) is 38.1 Å². The molecule has 0 radical (unpaired) electrons. The molecule has 2 aromatic carbocycles. The highest BCUT2D eigenvalue weighted by atomic mass is 79.9. The highest BCUT2D eigenvalue weighted by Gasteiger charge is 2.23. The maximum absolute atomic E-state index is 13.2. The zero-order valence-corrected chi connectivity index (χ0v) is 20.6. The minimum Gasteiger partial charge on any atom is -0.265 e. The van der Waals surface area contributed by atoms with Gasteiger partial charge in [-0.3, -0.25) is 4.18 Å². The normalized spacial score (nSPS) is 14.0. The summed E-state index contributed by atoms with van der Waals surface area (Å²) in [5.41, 5.74) is 3.26. The molecule has 164 valence electrons. The van der Waals surface area contributed by atoms with Crippen molar-refractivity contribution in [2.24, 2.45) is 0 Å². The average molecular weight is 516 g/mol. The van der Waals surface area contributed by atoms with Gasteiger partial charge in [0.15, 0.2) is 0 Å². The first-order chi connectivity index (χ1) is 13.9. The molecule has 2 rings (SSSR count). The summed E-state index contributed by atoms with van der Waals surface area (Å²) in [4.78, 5) is 0.253. The van der Waals surface area contributed by atoms with E-state index < -0.39 is 26.2 Å². The maximum Gasteiger partial charge on any atom is 0.264 e. The minimum atomic E-state index is -3.82. The van der Waals surface area contributed by atoms with E-state index in [2.05, 4.69) is 20.7 Å². The Morgan fingerprint density at radius 2 is 1.63 bits per heavy atom. The third-order valence-electron chi connectivity index (χ3n) is 4.27. The first kappa shape index (κ1) is 24.7. The van der Waals surface area contributed by atoms with Crippen LogP contribution in [0.1, 0.15) is 22.3 Å². The van der Waals surface area contributed by atoms with E-state index in [1.807, 2.05) is 49.4 Å². The fraction of sp³-hybridized carbons (Fsp3) is 0.333. The van der Waals surface area contributed by atoms with E-state index in [1.165, 1.54) is 0 Å². The molecule has 1 atom stereocenters. The molecule has 0 heterocycles. The van der Waals surface area contributed by atoms with Crippen LogP contribution in [0.4, 0.5) is 0 Å². The molecule has 6 nitrogen and oxygen atoms in total. The van der Waals surface area contributed by atoms with Gasteiger partial charge >= 0.3 is 0 Å². The molecule has 0 aliphatic rings. The van der Waals surface area contributed by atoms with Gasteiger partial charge in [0.25, 0.3) is 10.1 Å². The van der Waals surface area contributed by atoms with Gasteiger partial charge < -0.3 is 0 Å². The largest absolute Gasteiger partial charge is 0.265 e. The van der Waals surface area contributed by atoms with Crippen molar-refractivity contribution < 1.29 is 21.0 Å². The molecular formula is C21H26BrNO5S2. The highest BCUT2D eigenvalue weighted by Crippen LogP contribution is 2.23. The second kappa shape index (κ2) is 10.2. The summed E-state index contributed by atoms with van der Waals surface area (Å²) in [6.45, 7) is 5.25. The Bertz CT molecular complexity index is 1100.